The molecule has 3 nitrogen and oxygen atoms in total. The smallest absolute Gasteiger partial charge is 0.0589 e. The van der Waals surface area contributed by atoms with Crippen molar-refractivity contribution in [2.75, 3.05) is 33.4 Å². The van der Waals surface area contributed by atoms with Gasteiger partial charge < -0.3 is 10.1 Å². The Kier molecular flexibility index (Phi) is 7.87. The Hall–Kier alpha value is -0.120. The summed E-state index contributed by atoms with van der Waals surface area (Å²) in [6.07, 6.45) is 5.36. The Morgan fingerprint density at radius 3 is 2.72 bits per heavy atom. The third-order valence-electron chi connectivity index (χ3n) is 4.39. The van der Waals surface area contributed by atoms with Crippen LogP contribution in [0.4, 0.5) is 0 Å². The molecule has 3 unspecified atom stereocenters. The maximum Gasteiger partial charge on any atom is 0.0589 e. The zero-order chi connectivity index (χ0) is 13.4. The third kappa shape index (κ3) is 4.87. The molecule has 1 aliphatic rings. The topological polar surface area (TPSA) is 24.5 Å². The van der Waals surface area contributed by atoms with Gasteiger partial charge in [-0.05, 0) is 38.6 Å². The van der Waals surface area contributed by atoms with E-state index in [1.807, 2.05) is 0 Å². The van der Waals surface area contributed by atoms with Crippen molar-refractivity contribution in [3.05, 3.63) is 0 Å². The van der Waals surface area contributed by atoms with Gasteiger partial charge in [-0.1, -0.05) is 20.3 Å². The summed E-state index contributed by atoms with van der Waals surface area (Å²) in [6.45, 7) is 11.1. The minimum absolute atomic E-state index is 0.669. The zero-order valence-electron chi connectivity index (χ0n) is 12.7. The van der Waals surface area contributed by atoms with Gasteiger partial charge in [0.25, 0.3) is 0 Å². The highest BCUT2D eigenvalue weighted by Gasteiger charge is 2.28. The van der Waals surface area contributed by atoms with Crippen molar-refractivity contribution in [3.63, 3.8) is 0 Å². The molecule has 1 aliphatic carbocycles. The molecule has 0 aromatic heterocycles. The van der Waals surface area contributed by atoms with E-state index in [9.17, 15) is 0 Å². The average Bonchev–Trinajstić information content (AvgIpc) is 2.81. The van der Waals surface area contributed by atoms with Crippen LogP contribution in [0.3, 0.4) is 0 Å². The van der Waals surface area contributed by atoms with E-state index in [-0.39, 0.29) is 0 Å². The highest BCUT2D eigenvalue weighted by atomic mass is 16.5. The largest absolute Gasteiger partial charge is 0.383 e. The molecule has 108 valence electrons. The van der Waals surface area contributed by atoms with Crippen LogP contribution in [0.25, 0.3) is 0 Å². The first-order valence-corrected chi connectivity index (χ1v) is 7.69. The summed E-state index contributed by atoms with van der Waals surface area (Å²) in [4.78, 5) is 2.61. The Labute approximate surface area is 113 Å². The van der Waals surface area contributed by atoms with E-state index in [1.54, 1.807) is 7.11 Å². The van der Waals surface area contributed by atoms with Gasteiger partial charge in [-0.3, -0.25) is 4.90 Å². The molecule has 0 aromatic carbocycles. The summed E-state index contributed by atoms with van der Waals surface area (Å²) in [5.74, 6) is 0.829. The van der Waals surface area contributed by atoms with Crippen molar-refractivity contribution in [2.24, 2.45) is 5.92 Å². The van der Waals surface area contributed by atoms with E-state index in [1.165, 1.54) is 32.2 Å². The molecular weight excluding hydrogens is 224 g/mol. The molecule has 0 saturated heterocycles. The number of rotatable bonds is 9. The van der Waals surface area contributed by atoms with Gasteiger partial charge in [0.15, 0.2) is 0 Å². The molecule has 0 radical (unpaired) electrons. The van der Waals surface area contributed by atoms with Gasteiger partial charge in [0.2, 0.25) is 0 Å². The van der Waals surface area contributed by atoms with Crippen LogP contribution in [-0.4, -0.2) is 50.3 Å². The van der Waals surface area contributed by atoms with Gasteiger partial charge in [0, 0.05) is 32.3 Å². The molecule has 0 spiro atoms. The molecule has 1 rings (SSSR count). The molecular formula is C15H32N2O. The van der Waals surface area contributed by atoms with Gasteiger partial charge in [-0.25, -0.2) is 0 Å². The van der Waals surface area contributed by atoms with Crippen molar-refractivity contribution >= 4 is 0 Å². The van der Waals surface area contributed by atoms with Gasteiger partial charge in [0.1, 0.15) is 0 Å². The molecule has 0 aromatic rings. The molecule has 3 heteroatoms. The summed E-state index contributed by atoms with van der Waals surface area (Å²) in [5, 5.41) is 3.66. The van der Waals surface area contributed by atoms with E-state index in [0.29, 0.717) is 6.04 Å². The normalized spacial score (nSPS) is 25.8. The lowest BCUT2D eigenvalue weighted by molar-refractivity contribution is 0.105. The van der Waals surface area contributed by atoms with Crippen molar-refractivity contribution in [1.82, 2.24) is 10.2 Å². The molecule has 0 aliphatic heterocycles. The van der Waals surface area contributed by atoms with Gasteiger partial charge in [-0.15, -0.1) is 0 Å². The van der Waals surface area contributed by atoms with Crippen LogP contribution < -0.4 is 5.32 Å². The zero-order valence-corrected chi connectivity index (χ0v) is 12.7. The van der Waals surface area contributed by atoms with E-state index >= 15 is 0 Å². The molecule has 1 saturated carbocycles. The summed E-state index contributed by atoms with van der Waals surface area (Å²) >= 11 is 0. The minimum atomic E-state index is 0.669. The Bertz CT molecular complexity index is 211. The van der Waals surface area contributed by atoms with Crippen LogP contribution in [0, 0.1) is 5.92 Å². The van der Waals surface area contributed by atoms with Crippen molar-refractivity contribution in [1.29, 1.82) is 0 Å². The molecule has 0 amide bonds. The number of hydrogen-bond acceptors (Lipinski definition) is 3. The number of ether oxygens (including phenoxy) is 1. The maximum atomic E-state index is 5.25. The standard InChI is InChI=1S/C15H32N2O/c1-5-13(3)17(10-11-18-4)12-14-8-7-9-15(14)16-6-2/h13-16H,5-12H2,1-4H3. The van der Waals surface area contributed by atoms with E-state index < -0.39 is 0 Å². The van der Waals surface area contributed by atoms with E-state index in [4.69, 9.17) is 4.74 Å². The third-order valence-corrected chi connectivity index (χ3v) is 4.39. The summed E-state index contributed by atoms with van der Waals surface area (Å²) in [5.41, 5.74) is 0. The number of nitrogens with one attached hydrogen (secondary N) is 1. The summed E-state index contributed by atoms with van der Waals surface area (Å²) in [6, 6.07) is 1.41. The predicted octanol–water partition coefficient (Wildman–Crippen LogP) is 2.51. The Morgan fingerprint density at radius 2 is 2.11 bits per heavy atom. The lowest BCUT2D eigenvalue weighted by atomic mass is 10.0. The second kappa shape index (κ2) is 8.89. The lowest BCUT2D eigenvalue weighted by Crippen LogP contribution is -2.43. The first-order valence-electron chi connectivity index (χ1n) is 7.69. The monoisotopic (exact) mass is 256 g/mol. The molecule has 0 heterocycles. The molecule has 1 fully saturated rings. The Morgan fingerprint density at radius 1 is 1.33 bits per heavy atom. The molecule has 18 heavy (non-hydrogen) atoms. The van der Waals surface area contributed by atoms with Crippen LogP contribution in [-0.2, 0) is 4.74 Å². The lowest BCUT2D eigenvalue weighted by Gasteiger charge is -2.33. The van der Waals surface area contributed by atoms with Crippen LogP contribution in [0.1, 0.15) is 46.5 Å². The fraction of sp³-hybridized carbons (Fsp3) is 1.00. The second-order valence-corrected chi connectivity index (χ2v) is 5.60. The fourth-order valence-corrected chi connectivity index (χ4v) is 3.05. The van der Waals surface area contributed by atoms with Gasteiger partial charge in [0.05, 0.1) is 6.61 Å². The SMILES string of the molecule is CCNC1CCCC1CN(CCOC)C(C)CC. The van der Waals surface area contributed by atoms with Crippen LogP contribution in [0.15, 0.2) is 0 Å². The molecule has 1 N–H and O–H groups in total. The van der Waals surface area contributed by atoms with Crippen molar-refractivity contribution in [2.45, 2.75) is 58.5 Å². The highest BCUT2D eigenvalue weighted by Crippen LogP contribution is 2.27. The number of hydrogen-bond donors (Lipinski definition) is 1. The predicted molar refractivity (Wildman–Crippen MR) is 78.0 cm³/mol. The van der Waals surface area contributed by atoms with Crippen LogP contribution >= 0.6 is 0 Å². The van der Waals surface area contributed by atoms with Crippen LogP contribution in [0.2, 0.25) is 0 Å². The highest BCUT2D eigenvalue weighted by molar-refractivity contribution is 4.85. The van der Waals surface area contributed by atoms with E-state index in [2.05, 4.69) is 31.0 Å². The quantitative estimate of drug-likeness (QED) is 0.686. The number of methoxy groups -OCH3 is 1. The minimum Gasteiger partial charge on any atom is -0.383 e. The maximum absolute atomic E-state index is 5.25. The van der Waals surface area contributed by atoms with Gasteiger partial charge in [-0.2, -0.15) is 0 Å². The average molecular weight is 256 g/mol. The summed E-state index contributed by atoms with van der Waals surface area (Å²) < 4.78 is 5.25. The fourth-order valence-electron chi connectivity index (χ4n) is 3.05. The first-order chi connectivity index (χ1) is 8.72. The van der Waals surface area contributed by atoms with Gasteiger partial charge >= 0.3 is 0 Å². The van der Waals surface area contributed by atoms with Crippen LogP contribution in [0.5, 0.6) is 0 Å². The summed E-state index contributed by atoms with van der Waals surface area (Å²) in [7, 11) is 1.80. The first kappa shape index (κ1) is 15.9. The second-order valence-electron chi connectivity index (χ2n) is 5.60. The van der Waals surface area contributed by atoms with E-state index in [0.717, 1.165) is 31.7 Å². The number of nitrogens with zero attached hydrogens (tertiary/aromatic N) is 1. The molecule has 3 atom stereocenters. The molecule has 0 bridgehead atoms. The van der Waals surface area contributed by atoms with Crippen molar-refractivity contribution < 1.29 is 4.74 Å². The Balaban J connectivity index is 2.47. The van der Waals surface area contributed by atoms with Crippen molar-refractivity contribution in [3.8, 4) is 0 Å².